The molecule has 0 aromatic heterocycles. The van der Waals surface area contributed by atoms with Crippen molar-refractivity contribution in [1.29, 1.82) is 0 Å². The van der Waals surface area contributed by atoms with Gasteiger partial charge < -0.3 is 15.5 Å². The molecule has 0 saturated carbocycles. The minimum Gasteiger partial charge on any atom is -0.321 e. The maximum absolute atomic E-state index is 13.4. The van der Waals surface area contributed by atoms with E-state index in [0.29, 0.717) is 23.4 Å². The molecular formula is C32H26N4O5S. The first-order valence-electron chi connectivity index (χ1n) is 13.1. The van der Waals surface area contributed by atoms with Crippen molar-refractivity contribution in [3.05, 3.63) is 136 Å². The fraction of sp³-hybridized carbons (Fsp3) is 0.0938. The summed E-state index contributed by atoms with van der Waals surface area (Å²) in [7, 11) is 0. The number of nitrogens with zero attached hydrogens (tertiary/aromatic N) is 2. The molecule has 1 heterocycles. The lowest BCUT2D eigenvalue weighted by Gasteiger charge is -2.17. The third-order valence-corrected chi connectivity index (χ3v) is 7.56. The topological polar surface area (TPSA) is 122 Å². The molecule has 0 atom stereocenters. The average Bonchev–Trinajstić information content (AvgIpc) is 3.45. The highest BCUT2D eigenvalue weighted by atomic mass is 32.2. The molecule has 0 saturated heterocycles. The minimum atomic E-state index is -0.579. The first kappa shape index (κ1) is 28.3. The van der Waals surface area contributed by atoms with E-state index in [9.17, 15) is 24.5 Å². The summed E-state index contributed by atoms with van der Waals surface area (Å²) in [6.45, 7) is 0.660. The Labute approximate surface area is 246 Å². The van der Waals surface area contributed by atoms with E-state index >= 15 is 0 Å². The van der Waals surface area contributed by atoms with E-state index in [2.05, 4.69) is 10.6 Å². The molecule has 5 rings (SSSR count). The molecule has 0 unspecified atom stereocenters. The molecule has 1 aliphatic heterocycles. The summed E-state index contributed by atoms with van der Waals surface area (Å²) in [5.41, 5.74) is 3.32. The Bertz CT molecular complexity index is 1670. The number of benzene rings is 4. The van der Waals surface area contributed by atoms with Crippen molar-refractivity contribution >= 4 is 52.6 Å². The number of fused-ring (bicyclic) bond motifs is 1. The fourth-order valence-electron chi connectivity index (χ4n) is 4.48. The predicted molar refractivity (Wildman–Crippen MR) is 163 cm³/mol. The molecular weight excluding hydrogens is 552 g/mol. The van der Waals surface area contributed by atoms with Gasteiger partial charge in [0, 0.05) is 40.5 Å². The van der Waals surface area contributed by atoms with Gasteiger partial charge in [-0.05, 0) is 72.2 Å². The van der Waals surface area contributed by atoms with Gasteiger partial charge in [0.2, 0.25) is 5.91 Å². The van der Waals surface area contributed by atoms with Crippen molar-refractivity contribution in [2.45, 2.75) is 11.3 Å². The maximum atomic E-state index is 13.4. The number of anilines is 2. The number of nitro groups is 1. The van der Waals surface area contributed by atoms with Crippen LogP contribution in [0.1, 0.15) is 21.5 Å². The number of hydrogen-bond acceptors (Lipinski definition) is 6. The lowest BCUT2D eigenvalue weighted by Crippen LogP contribution is -2.30. The smallest absolute Gasteiger partial charge is 0.272 e. The summed E-state index contributed by atoms with van der Waals surface area (Å²) < 4.78 is 0. The highest BCUT2D eigenvalue weighted by Gasteiger charge is 2.24. The number of thioether (sulfide) groups is 1. The number of nitrogens with one attached hydrogen (secondary N) is 2. The predicted octanol–water partition coefficient (Wildman–Crippen LogP) is 5.69. The Kier molecular flexibility index (Phi) is 8.74. The van der Waals surface area contributed by atoms with Crippen LogP contribution in [0.4, 0.5) is 17.1 Å². The van der Waals surface area contributed by atoms with Crippen molar-refractivity contribution in [3.8, 4) is 0 Å². The van der Waals surface area contributed by atoms with Crippen LogP contribution in [0.3, 0.4) is 0 Å². The molecule has 1 aliphatic rings. The van der Waals surface area contributed by atoms with Crippen LogP contribution in [0.15, 0.2) is 114 Å². The number of non-ortho nitro benzene ring substituents is 1. The van der Waals surface area contributed by atoms with Gasteiger partial charge in [-0.2, -0.15) is 0 Å². The van der Waals surface area contributed by atoms with E-state index in [4.69, 9.17) is 0 Å². The molecule has 42 heavy (non-hydrogen) atoms. The number of amides is 3. The zero-order chi connectivity index (χ0) is 29.5. The zero-order valence-electron chi connectivity index (χ0n) is 22.4. The van der Waals surface area contributed by atoms with Crippen LogP contribution in [0.25, 0.3) is 6.08 Å². The number of rotatable bonds is 9. The third-order valence-electron chi connectivity index (χ3n) is 6.59. The molecule has 0 aliphatic carbocycles. The number of carbonyl (C=O) groups excluding carboxylic acids is 3. The summed E-state index contributed by atoms with van der Waals surface area (Å²) in [5, 5.41) is 16.5. The van der Waals surface area contributed by atoms with Gasteiger partial charge in [-0.25, -0.2) is 0 Å². The summed E-state index contributed by atoms with van der Waals surface area (Å²) in [4.78, 5) is 52.3. The second-order valence-corrected chi connectivity index (χ2v) is 10.5. The van der Waals surface area contributed by atoms with Crippen molar-refractivity contribution < 1.29 is 19.3 Å². The molecule has 10 heteroatoms. The Hall–Kier alpha value is -5.22. The maximum Gasteiger partial charge on any atom is 0.272 e. The molecule has 0 bridgehead atoms. The second kappa shape index (κ2) is 13.0. The van der Waals surface area contributed by atoms with Gasteiger partial charge in [-0.1, -0.05) is 42.5 Å². The molecule has 2 N–H and O–H groups in total. The van der Waals surface area contributed by atoms with Crippen molar-refractivity contribution in [2.75, 3.05) is 22.5 Å². The van der Waals surface area contributed by atoms with E-state index in [1.807, 2.05) is 30.3 Å². The SMILES string of the molecule is O=C(Nc1cccc(SCC(=O)N2CCc3ccccc32)c1)/C(=C/c1ccc([N+](=O)[O-])cc1)NC(=O)c1ccccc1. The second-order valence-electron chi connectivity index (χ2n) is 9.42. The van der Waals surface area contributed by atoms with Gasteiger partial charge in [0.15, 0.2) is 0 Å². The first-order valence-corrected chi connectivity index (χ1v) is 14.1. The van der Waals surface area contributed by atoms with Crippen molar-refractivity contribution in [1.82, 2.24) is 5.32 Å². The zero-order valence-corrected chi connectivity index (χ0v) is 23.2. The van der Waals surface area contributed by atoms with E-state index in [1.54, 1.807) is 53.4 Å². The largest absolute Gasteiger partial charge is 0.321 e. The van der Waals surface area contributed by atoms with Crippen LogP contribution in [0, 0.1) is 10.1 Å². The highest BCUT2D eigenvalue weighted by molar-refractivity contribution is 8.00. The van der Waals surface area contributed by atoms with Crippen LogP contribution in [0.5, 0.6) is 0 Å². The van der Waals surface area contributed by atoms with Crippen LogP contribution in [-0.2, 0) is 16.0 Å². The van der Waals surface area contributed by atoms with Gasteiger partial charge in [-0.15, -0.1) is 11.8 Å². The van der Waals surface area contributed by atoms with Gasteiger partial charge in [0.25, 0.3) is 17.5 Å². The van der Waals surface area contributed by atoms with E-state index in [1.165, 1.54) is 42.1 Å². The van der Waals surface area contributed by atoms with Crippen LogP contribution < -0.4 is 15.5 Å². The van der Waals surface area contributed by atoms with E-state index in [0.717, 1.165) is 22.6 Å². The summed E-state index contributed by atoms with van der Waals surface area (Å²) >= 11 is 1.37. The number of hydrogen-bond donors (Lipinski definition) is 2. The average molecular weight is 579 g/mol. The first-order chi connectivity index (χ1) is 20.4. The minimum absolute atomic E-state index is 0.0105. The number of carbonyl (C=O) groups is 3. The third kappa shape index (κ3) is 6.91. The Balaban J connectivity index is 1.29. The summed E-state index contributed by atoms with van der Waals surface area (Å²) in [5.74, 6) is -0.810. The van der Waals surface area contributed by atoms with Crippen molar-refractivity contribution in [3.63, 3.8) is 0 Å². The number of nitro benzene ring substituents is 1. The van der Waals surface area contributed by atoms with Crippen molar-refractivity contribution in [2.24, 2.45) is 0 Å². The quantitative estimate of drug-likeness (QED) is 0.114. The monoisotopic (exact) mass is 578 g/mol. The fourth-order valence-corrected chi connectivity index (χ4v) is 5.31. The Morgan fingerprint density at radius 3 is 2.40 bits per heavy atom. The molecule has 0 radical (unpaired) electrons. The molecule has 0 fully saturated rings. The molecule has 3 amide bonds. The Morgan fingerprint density at radius 2 is 1.64 bits per heavy atom. The molecule has 4 aromatic rings. The lowest BCUT2D eigenvalue weighted by atomic mass is 10.1. The van der Waals surface area contributed by atoms with Crippen LogP contribution in [0.2, 0.25) is 0 Å². The molecule has 210 valence electrons. The molecule has 0 spiro atoms. The lowest BCUT2D eigenvalue weighted by molar-refractivity contribution is -0.384. The van der Waals surface area contributed by atoms with Gasteiger partial charge in [0.05, 0.1) is 10.7 Å². The van der Waals surface area contributed by atoms with Crippen LogP contribution >= 0.6 is 11.8 Å². The van der Waals surface area contributed by atoms with E-state index < -0.39 is 16.7 Å². The molecule has 9 nitrogen and oxygen atoms in total. The summed E-state index contributed by atoms with van der Waals surface area (Å²) in [6.07, 6.45) is 2.29. The van der Waals surface area contributed by atoms with E-state index in [-0.39, 0.29) is 23.0 Å². The Morgan fingerprint density at radius 1 is 0.905 bits per heavy atom. The van der Waals surface area contributed by atoms with Gasteiger partial charge in [0.1, 0.15) is 5.70 Å². The van der Waals surface area contributed by atoms with Gasteiger partial charge in [-0.3, -0.25) is 24.5 Å². The standard InChI is InChI=1S/C32H26N4O5S/c37-30(35-18-17-23-7-4-5-12-29(23)35)21-42-27-11-6-10-25(20-27)33-32(39)28(34-31(38)24-8-2-1-3-9-24)19-22-13-15-26(16-14-22)36(40)41/h1-16,19-20H,17-18,21H2,(H,33,39)(H,34,38)/b28-19-. The highest BCUT2D eigenvalue weighted by Crippen LogP contribution is 2.29. The number of para-hydroxylation sites is 1. The normalized spacial score (nSPS) is 12.4. The molecule has 4 aromatic carbocycles. The summed E-state index contributed by atoms with van der Waals surface area (Å²) in [6, 6.07) is 29.1. The van der Waals surface area contributed by atoms with Gasteiger partial charge >= 0.3 is 0 Å². The van der Waals surface area contributed by atoms with Crippen LogP contribution in [-0.4, -0.2) is 34.9 Å².